The Balaban J connectivity index is 1.70. The van der Waals surface area contributed by atoms with Crippen LogP contribution in [0.1, 0.15) is 42.5 Å². The predicted molar refractivity (Wildman–Crippen MR) is 110 cm³/mol. The molecule has 0 spiro atoms. The lowest BCUT2D eigenvalue weighted by atomic mass is 9.88. The molecule has 1 aliphatic rings. The Morgan fingerprint density at radius 3 is 2.96 bits per heavy atom. The number of rotatable bonds is 6. The molecule has 140 valence electrons. The van der Waals surface area contributed by atoms with Crippen molar-refractivity contribution >= 4 is 10.9 Å². The van der Waals surface area contributed by atoms with Crippen LogP contribution in [-0.2, 0) is 6.42 Å². The van der Waals surface area contributed by atoms with E-state index in [4.69, 9.17) is 4.74 Å². The molecule has 1 unspecified atom stereocenters. The van der Waals surface area contributed by atoms with Crippen molar-refractivity contribution in [2.45, 2.75) is 38.4 Å². The van der Waals surface area contributed by atoms with Gasteiger partial charge in [0.2, 0.25) is 0 Å². The smallest absolute Gasteiger partial charge is 0.119 e. The Labute approximate surface area is 161 Å². The molecule has 0 fully saturated rings. The predicted octanol–water partition coefficient (Wildman–Crippen LogP) is 4.19. The number of aromatic nitrogens is 1. The number of pyridine rings is 1. The van der Waals surface area contributed by atoms with Crippen molar-refractivity contribution in [3.8, 4) is 5.75 Å². The Morgan fingerprint density at radius 1 is 1.19 bits per heavy atom. The first-order valence-corrected chi connectivity index (χ1v) is 9.79. The second-order valence-corrected chi connectivity index (χ2v) is 7.18. The molecule has 4 nitrogen and oxygen atoms in total. The molecule has 0 radical (unpaired) electrons. The third-order valence-corrected chi connectivity index (χ3v) is 5.33. The van der Waals surface area contributed by atoms with Gasteiger partial charge in [-0.2, -0.15) is 0 Å². The lowest BCUT2D eigenvalue weighted by Gasteiger charge is -2.34. The number of hydrogen-bond donors (Lipinski definition) is 2. The van der Waals surface area contributed by atoms with Crippen LogP contribution in [0.3, 0.4) is 0 Å². The van der Waals surface area contributed by atoms with E-state index in [0.29, 0.717) is 0 Å². The van der Waals surface area contributed by atoms with E-state index in [1.54, 1.807) is 7.11 Å². The van der Waals surface area contributed by atoms with Gasteiger partial charge in [0.1, 0.15) is 5.75 Å². The monoisotopic (exact) mass is 361 g/mol. The van der Waals surface area contributed by atoms with Crippen molar-refractivity contribution in [3.63, 3.8) is 0 Å². The summed E-state index contributed by atoms with van der Waals surface area (Å²) >= 11 is 0. The van der Waals surface area contributed by atoms with Gasteiger partial charge in [0.25, 0.3) is 0 Å². The van der Waals surface area contributed by atoms with Crippen LogP contribution in [0.5, 0.6) is 5.75 Å². The van der Waals surface area contributed by atoms with Crippen LogP contribution in [0.15, 0.2) is 54.7 Å². The molecule has 0 aliphatic carbocycles. The highest BCUT2D eigenvalue weighted by Crippen LogP contribution is 2.33. The summed E-state index contributed by atoms with van der Waals surface area (Å²) in [6.07, 6.45) is 5.45. The second kappa shape index (κ2) is 8.07. The van der Waals surface area contributed by atoms with Crippen molar-refractivity contribution in [1.82, 2.24) is 15.6 Å². The Hall–Kier alpha value is -2.43. The van der Waals surface area contributed by atoms with Crippen molar-refractivity contribution in [2.24, 2.45) is 0 Å². The Bertz CT molecular complexity index is 924. The number of nitrogens with zero attached hydrogens (tertiary/aromatic N) is 1. The zero-order valence-electron chi connectivity index (χ0n) is 16.0. The summed E-state index contributed by atoms with van der Waals surface area (Å²) in [5.41, 5.74) is 4.97. The van der Waals surface area contributed by atoms with Gasteiger partial charge in [0.15, 0.2) is 0 Å². The van der Waals surface area contributed by atoms with Crippen LogP contribution in [0.25, 0.3) is 10.9 Å². The summed E-state index contributed by atoms with van der Waals surface area (Å²) in [5.74, 6) is 0.921. The Morgan fingerprint density at radius 2 is 2.11 bits per heavy atom. The van der Waals surface area contributed by atoms with E-state index in [0.717, 1.165) is 24.2 Å². The minimum absolute atomic E-state index is 0.156. The maximum Gasteiger partial charge on any atom is 0.119 e. The van der Waals surface area contributed by atoms with Crippen molar-refractivity contribution in [3.05, 3.63) is 71.4 Å². The normalized spacial score (nSPS) is 19.0. The molecule has 2 aromatic carbocycles. The van der Waals surface area contributed by atoms with Crippen LogP contribution in [0.2, 0.25) is 0 Å². The van der Waals surface area contributed by atoms with Gasteiger partial charge in [-0.1, -0.05) is 31.5 Å². The summed E-state index contributed by atoms with van der Waals surface area (Å²) in [6, 6.07) is 17.3. The first kappa shape index (κ1) is 18.0. The lowest BCUT2D eigenvalue weighted by Crippen LogP contribution is -2.49. The fourth-order valence-electron chi connectivity index (χ4n) is 3.87. The molecular weight excluding hydrogens is 334 g/mol. The maximum atomic E-state index is 5.46. The molecule has 1 aliphatic heterocycles. The van der Waals surface area contributed by atoms with Crippen molar-refractivity contribution in [2.75, 3.05) is 13.7 Å². The molecule has 1 aromatic heterocycles. The number of hydrogen-bond acceptors (Lipinski definition) is 4. The topological polar surface area (TPSA) is 46.2 Å². The summed E-state index contributed by atoms with van der Waals surface area (Å²) in [5, 5.41) is 8.66. The van der Waals surface area contributed by atoms with E-state index < -0.39 is 0 Å². The zero-order chi connectivity index (χ0) is 18.6. The maximum absolute atomic E-state index is 5.46. The molecule has 0 amide bonds. The van der Waals surface area contributed by atoms with Crippen LogP contribution in [-0.4, -0.2) is 24.8 Å². The fourth-order valence-corrected chi connectivity index (χ4v) is 3.87. The van der Waals surface area contributed by atoms with Crippen molar-refractivity contribution in [1.29, 1.82) is 0 Å². The highest BCUT2D eigenvalue weighted by Gasteiger charge is 2.27. The Kier molecular flexibility index (Phi) is 5.37. The highest BCUT2D eigenvalue weighted by atomic mass is 16.5. The van der Waals surface area contributed by atoms with Crippen LogP contribution in [0, 0.1) is 0 Å². The number of unbranched alkanes of at least 4 members (excludes halogenated alkanes) is 1. The van der Waals surface area contributed by atoms with E-state index in [9.17, 15) is 0 Å². The van der Waals surface area contributed by atoms with E-state index in [-0.39, 0.29) is 12.2 Å². The van der Waals surface area contributed by atoms with Gasteiger partial charge < -0.3 is 10.1 Å². The van der Waals surface area contributed by atoms with Gasteiger partial charge in [-0.3, -0.25) is 10.3 Å². The van der Waals surface area contributed by atoms with Gasteiger partial charge in [0.05, 0.1) is 24.8 Å². The lowest BCUT2D eigenvalue weighted by molar-refractivity contribution is 0.367. The molecule has 4 heteroatoms. The second-order valence-electron chi connectivity index (χ2n) is 7.18. The first-order chi connectivity index (χ1) is 13.3. The van der Waals surface area contributed by atoms with Gasteiger partial charge in [-0.25, -0.2) is 0 Å². The molecule has 0 saturated heterocycles. The molecule has 27 heavy (non-hydrogen) atoms. The van der Waals surface area contributed by atoms with E-state index >= 15 is 0 Å². The minimum atomic E-state index is 0.156. The molecule has 2 N–H and O–H groups in total. The van der Waals surface area contributed by atoms with Crippen molar-refractivity contribution < 1.29 is 4.74 Å². The largest absolute Gasteiger partial charge is 0.497 e. The number of ether oxygens (including phenoxy) is 1. The molecule has 2 heterocycles. The fraction of sp³-hybridized carbons (Fsp3) is 0.348. The summed E-state index contributed by atoms with van der Waals surface area (Å²) in [6.45, 7) is 3.25. The summed E-state index contributed by atoms with van der Waals surface area (Å²) in [4.78, 5) is 4.45. The van der Waals surface area contributed by atoms with Gasteiger partial charge in [0, 0.05) is 18.0 Å². The third kappa shape index (κ3) is 3.82. The number of fused-ring (bicyclic) bond motifs is 2. The number of methoxy groups -OCH3 is 1. The average Bonchev–Trinajstić information content (AvgIpc) is 2.72. The van der Waals surface area contributed by atoms with E-state index in [1.807, 2.05) is 12.3 Å². The van der Waals surface area contributed by atoms with E-state index in [1.165, 1.54) is 34.9 Å². The number of nitrogens with one attached hydrogen (secondary N) is 2. The minimum Gasteiger partial charge on any atom is -0.497 e. The van der Waals surface area contributed by atoms with Gasteiger partial charge in [-0.15, -0.1) is 0 Å². The van der Waals surface area contributed by atoms with Gasteiger partial charge in [-0.05, 0) is 60.0 Å². The molecule has 0 bridgehead atoms. The zero-order valence-corrected chi connectivity index (χ0v) is 16.0. The van der Waals surface area contributed by atoms with Crippen LogP contribution < -0.4 is 15.4 Å². The number of benzene rings is 2. The van der Waals surface area contributed by atoms with E-state index in [2.05, 4.69) is 65.0 Å². The molecule has 2 atom stereocenters. The SMILES string of the molecule is CCCCN[C@H]1Cc2cc(OC)ccc2C(c2ccc3ncccc3c2)N1. The molecule has 4 rings (SSSR count). The first-order valence-electron chi connectivity index (χ1n) is 9.79. The molecular formula is C23H27N3O. The summed E-state index contributed by atoms with van der Waals surface area (Å²) < 4.78 is 5.46. The quantitative estimate of drug-likeness (QED) is 0.646. The third-order valence-electron chi connectivity index (χ3n) is 5.33. The average molecular weight is 361 g/mol. The van der Waals surface area contributed by atoms with Gasteiger partial charge >= 0.3 is 0 Å². The summed E-state index contributed by atoms with van der Waals surface area (Å²) in [7, 11) is 1.73. The van der Waals surface area contributed by atoms with Crippen LogP contribution in [0.4, 0.5) is 0 Å². The standard InChI is InChI=1S/C23H27N3O/c1-3-4-11-25-22-15-18-14-19(27-2)8-9-20(18)23(26-22)17-7-10-21-16(13-17)6-5-12-24-21/h5-10,12-14,22-23,25-26H,3-4,11,15H2,1-2H3/t22-,23?/m1/s1. The molecule has 3 aromatic rings. The van der Waals surface area contributed by atoms with Crippen LogP contribution >= 0.6 is 0 Å². The highest BCUT2D eigenvalue weighted by molar-refractivity contribution is 5.79. The molecule has 0 saturated carbocycles.